The van der Waals surface area contributed by atoms with E-state index in [2.05, 4.69) is 6.92 Å². The Kier molecular flexibility index (Phi) is 6.81. The van der Waals surface area contributed by atoms with Crippen molar-refractivity contribution >= 4 is 17.5 Å². The number of halogens is 1. The normalized spacial score (nSPS) is 10.4. The SMILES string of the molecule is CCCCCN(Cc1ccc(Cl)cc1)C(=O)CC. The maximum Gasteiger partial charge on any atom is 0.222 e. The van der Waals surface area contributed by atoms with Gasteiger partial charge in [-0.05, 0) is 24.1 Å². The molecule has 0 saturated heterocycles. The molecular weight excluding hydrogens is 246 g/mol. The van der Waals surface area contributed by atoms with Crippen LogP contribution >= 0.6 is 11.6 Å². The van der Waals surface area contributed by atoms with Crippen LogP contribution in [0.1, 0.15) is 45.1 Å². The Hall–Kier alpha value is -1.02. The lowest BCUT2D eigenvalue weighted by Crippen LogP contribution is -2.30. The van der Waals surface area contributed by atoms with Gasteiger partial charge < -0.3 is 4.90 Å². The highest BCUT2D eigenvalue weighted by Gasteiger charge is 2.11. The summed E-state index contributed by atoms with van der Waals surface area (Å²) < 4.78 is 0. The van der Waals surface area contributed by atoms with Crippen molar-refractivity contribution in [1.82, 2.24) is 4.90 Å². The predicted molar refractivity (Wildman–Crippen MR) is 76.7 cm³/mol. The molecule has 0 atom stereocenters. The van der Waals surface area contributed by atoms with Gasteiger partial charge in [0.05, 0.1) is 0 Å². The van der Waals surface area contributed by atoms with E-state index < -0.39 is 0 Å². The molecule has 0 fully saturated rings. The van der Waals surface area contributed by atoms with Crippen molar-refractivity contribution in [3.63, 3.8) is 0 Å². The van der Waals surface area contributed by atoms with Crippen LogP contribution in [0.2, 0.25) is 5.02 Å². The zero-order chi connectivity index (χ0) is 13.4. The van der Waals surface area contributed by atoms with E-state index >= 15 is 0 Å². The van der Waals surface area contributed by atoms with E-state index in [1.54, 1.807) is 0 Å². The summed E-state index contributed by atoms with van der Waals surface area (Å²) >= 11 is 5.86. The summed E-state index contributed by atoms with van der Waals surface area (Å²) in [5.41, 5.74) is 1.14. The van der Waals surface area contributed by atoms with Gasteiger partial charge >= 0.3 is 0 Å². The van der Waals surface area contributed by atoms with Crippen LogP contribution in [0, 0.1) is 0 Å². The monoisotopic (exact) mass is 267 g/mol. The molecule has 0 saturated carbocycles. The topological polar surface area (TPSA) is 20.3 Å². The Bertz CT molecular complexity index is 361. The third kappa shape index (κ3) is 5.09. The fourth-order valence-corrected chi connectivity index (χ4v) is 2.00. The molecule has 1 amide bonds. The molecule has 1 aromatic rings. The van der Waals surface area contributed by atoms with Gasteiger partial charge in [0.25, 0.3) is 0 Å². The van der Waals surface area contributed by atoms with Gasteiger partial charge in [0.1, 0.15) is 0 Å². The Morgan fingerprint density at radius 3 is 2.39 bits per heavy atom. The standard InChI is InChI=1S/C15H22ClNO/c1-3-5-6-11-17(15(18)4-2)12-13-7-9-14(16)10-8-13/h7-10H,3-6,11-12H2,1-2H3. The first-order valence-electron chi connectivity index (χ1n) is 6.69. The second-order valence-corrected chi connectivity index (χ2v) is 4.94. The quantitative estimate of drug-likeness (QED) is 0.676. The molecule has 0 spiro atoms. The van der Waals surface area contributed by atoms with Crippen LogP contribution in [0.3, 0.4) is 0 Å². The molecule has 0 heterocycles. The van der Waals surface area contributed by atoms with Gasteiger partial charge in [-0.25, -0.2) is 0 Å². The van der Waals surface area contributed by atoms with Gasteiger partial charge in [-0.2, -0.15) is 0 Å². The van der Waals surface area contributed by atoms with Gasteiger partial charge in [-0.3, -0.25) is 4.79 Å². The van der Waals surface area contributed by atoms with Crippen molar-refractivity contribution in [1.29, 1.82) is 0 Å². The molecule has 0 aliphatic rings. The molecule has 0 unspecified atom stereocenters. The molecule has 0 radical (unpaired) electrons. The number of hydrogen-bond donors (Lipinski definition) is 0. The van der Waals surface area contributed by atoms with Crippen molar-refractivity contribution in [3.8, 4) is 0 Å². The molecular formula is C15H22ClNO. The number of carbonyl (C=O) groups is 1. The molecule has 1 aromatic carbocycles. The van der Waals surface area contributed by atoms with Crippen LogP contribution in [0.15, 0.2) is 24.3 Å². The van der Waals surface area contributed by atoms with Gasteiger partial charge in [0.15, 0.2) is 0 Å². The summed E-state index contributed by atoms with van der Waals surface area (Å²) in [6, 6.07) is 7.71. The average molecular weight is 268 g/mol. The second-order valence-electron chi connectivity index (χ2n) is 4.50. The summed E-state index contributed by atoms with van der Waals surface area (Å²) in [6.07, 6.45) is 4.00. The molecule has 100 valence electrons. The molecule has 1 rings (SSSR count). The number of benzene rings is 1. The van der Waals surface area contributed by atoms with Crippen molar-refractivity contribution in [2.45, 2.75) is 46.1 Å². The first-order chi connectivity index (χ1) is 8.67. The molecule has 0 aliphatic carbocycles. The number of nitrogens with zero attached hydrogens (tertiary/aromatic N) is 1. The Labute approximate surface area is 115 Å². The van der Waals surface area contributed by atoms with Crippen molar-refractivity contribution in [2.75, 3.05) is 6.54 Å². The minimum atomic E-state index is 0.223. The lowest BCUT2D eigenvalue weighted by molar-refractivity contribution is -0.131. The zero-order valence-electron chi connectivity index (χ0n) is 11.3. The zero-order valence-corrected chi connectivity index (χ0v) is 12.0. The summed E-state index contributed by atoms with van der Waals surface area (Å²) in [7, 11) is 0. The number of unbranched alkanes of at least 4 members (excludes halogenated alkanes) is 2. The number of rotatable bonds is 7. The van der Waals surface area contributed by atoms with E-state index in [0.717, 1.165) is 23.6 Å². The molecule has 3 heteroatoms. The third-order valence-electron chi connectivity index (χ3n) is 2.97. The minimum absolute atomic E-state index is 0.223. The Balaban J connectivity index is 2.59. The molecule has 18 heavy (non-hydrogen) atoms. The summed E-state index contributed by atoms with van der Waals surface area (Å²) in [5.74, 6) is 0.223. The van der Waals surface area contributed by atoms with Gasteiger partial charge in [0, 0.05) is 24.5 Å². The third-order valence-corrected chi connectivity index (χ3v) is 3.23. The van der Waals surface area contributed by atoms with E-state index in [1.807, 2.05) is 36.1 Å². The largest absolute Gasteiger partial charge is 0.338 e. The molecule has 0 aromatic heterocycles. The summed E-state index contributed by atoms with van der Waals surface area (Å²) in [4.78, 5) is 13.8. The maximum absolute atomic E-state index is 11.9. The highest BCUT2D eigenvalue weighted by Crippen LogP contribution is 2.13. The van der Waals surface area contributed by atoms with Crippen LogP contribution in [0.5, 0.6) is 0 Å². The van der Waals surface area contributed by atoms with Crippen molar-refractivity contribution in [2.24, 2.45) is 0 Å². The molecule has 0 bridgehead atoms. The van der Waals surface area contributed by atoms with Crippen LogP contribution < -0.4 is 0 Å². The predicted octanol–water partition coefficient (Wildman–Crippen LogP) is 4.27. The van der Waals surface area contributed by atoms with E-state index in [9.17, 15) is 4.79 Å². The second kappa shape index (κ2) is 8.15. The Morgan fingerprint density at radius 2 is 1.83 bits per heavy atom. The lowest BCUT2D eigenvalue weighted by atomic mass is 10.2. The maximum atomic E-state index is 11.9. The van der Waals surface area contributed by atoms with Crippen molar-refractivity contribution in [3.05, 3.63) is 34.9 Å². The molecule has 2 nitrogen and oxygen atoms in total. The van der Waals surface area contributed by atoms with Crippen LogP contribution in [-0.4, -0.2) is 17.4 Å². The lowest BCUT2D eigenvalue weighted by Gasteiger charge is -2.22. The first-order valence-corrected chi connectivity index (χ1v) is 7.07. The smallest absolute Gasteiger partial charge is 0.222 e. The summed E-state index contributed by atoms with van der Waals surface area (Å²) in [6.45, 7) is 5.62. The van der Waals surface area contributed by atoms with E-state index in [0.29, 0.717) is 13.0 Å². The number of carbonyl (C=O) groups excluding carboxylic acids is 1. The first kappa shape index (κ1) is 15.0. The Morgan fingerprint density at radius 1 is 1.17 bits per heavy atom. The fraction of sp³-hybridized carbons (Fsp3) is 0.533. The highest BCUT2D eigenvalue weighted by atomic mass is 35.5. The minimum Gasteiger partial charge on any atom is -0.338 e. The average Bonchev–Trinajstić information content (AvgIpc) is 2.39. The van der Waals surface area contributed by atoms with Crippen LogP contribution in [0.4, 0.5) is 0 Å². The summed E-state index contributed by atoms with van der Waals surface area (Å²) in [5, 5.41) is 0.734. The van der Waals surface area contributed by atoms with E-state index in [4.69, 9.17) is 11.6 Å². The van der Waals surface area contributed by atoms with Gasteiger partial charge in [0.2, 0.25) is 5.91 Å². The molecule has 0 aliphatic heterocycles. The fourth-order valence-electron chi connectivity index (χ4n) is 1.88. The van der Waals surface area contributed by atoms with Gasteiger partial charge in [-0.1, -0.05) is 50.4 Å². The van der Waals surface area contributed by atoms with E-state index in [1.165, 1.54) is 12.8 Å². The number of hydrogen-bond acceptors (Lipinski definition) is 1. The van der Waals surface area contributed by atoms with Crippen molar-refractivity contribution < 1.29 is 4.79 Å². The van der Waals surface area contributed by atoms with Gasteiger partial charge in [-0.15, -0.1) is 0 Å². The van der Waals surface area contributed by atoms with E-state index in [-0.39, 0.29) is 5.91 Å². The van der Waals surface area contributed by atoms with Crippen LogP contribution in [-0.2, 0) is 11.3 Å². The highest BCUT2D eigenvalue weighted by molar-refractivity contribution is 6.30. The number of amides is 1. The molecule has 0 N–H and O–H groups in total. The van der Waals surface area contributed by atoms with Crippen LogP contribution in [0.25, 0.3) is 0 Å².